The minimum Gasteiger partial charge on any atom is -0.380 e. The standard InChI is InChI=1S/C19H22FN3O2/c20-16-11-14(8-9-17(16)22-12-15-7-4-10-25-15)23-19(24)18(21)13-5-2-1-3-6-13/h1-3,5-6,8-9,11,15,18,22H,4,7,10,12,21H2,(H,23,24). The van der Waals surface area contributed by atoms with Gasteiger partial charge in [0.25, 0.3) is 0 Å². The quantitative estimate of drug-likeness (QED) is 0.753. The second-order valence-electron chi connectivity index (χ2n) is 6.09. The van der Waals surface area contributed by atoms with Crippen LogP contribution in [0.2, 0.25) is 0 Å². The molecular weight excluding hydrogens is 321 g/mol. The van der Waals surface area contributed by atoms with Gasteiger partial charge in [-0.05, 0) is 36.6 Å². The SMILES string of the molecule is NC(C(=O)Nc1ccc(NCC2CCCO2)c(F)c1)c1ccccc1. The molecule has 2 aromatic carbocycles. The minimum absolute atomic E-state index is 0.127. The van der Waals surface area contributed by atoms with Crippen molar-refractivity contribution in [2.45, 2.75) is 25.0 Å². The van der Waals surface area contributed by atoms with Crippen LogP contribution >= 0.6 is 0 Å². The second-order valence-corrected chi connectivity index (χ2v) is 6.09. The van der Waals surface area contributed by atoms with Crippen molar-refractivity contribution < 1.29 is 13.9 Å². The first-order chi connectivity index (χ1) is 12.1. The Balaban J connectivity index is 1.59. The molecule has 25 heavy (non-hydrogen) atoms. The number of amides is 1. The highest BCUT2D eigenvalue weighted by molar-refractivity contribution is 5.95. The van der Waals surface area contributed by atoms with Crippen LogP contribution in [-0.4, -0.2) is 25.2 Å². The van der Waals surface area contributed by atoms with Crippen molar-refractivity contribution >= 4 is 17.3 Å². The molecule has 2 unspecified atom stereocenters. The maximum atomic E-state index is 14.2. The van der Waals surface area contributed by atoms with Crippen LogP contribution in [0.3, 0.4) is 0 Å². The van der Waals surface area contributed by atoms with E-state index in [4.69, 9.17) is 10.5 Å². The Hall–Kier alpha value is -2.44. The van der Waals surface area contributed by atoms with Crippen molar-refractivity contribution in [1.29, 1.82) is 0 Å². The van der Waals surface area contributed by atoms with E-state index < -0.39 is 11.9 Å². The van der Waals surface area contributed by atoms with Crippen LogP contribution in [0.1, 0.15) is 24.4 Å². The molecule has 0 radical (unpaired) electrons. The normalized spacial score (nSPS) is 17.9. The van der Waals surface area contributed by atoms with E-state index in [-0.39, 0.29) is 12.0 Å². The Bertz CT molecular complexity index is 718. The number of rotatable bonds is 6. The number of nitrogens with two attached hydrogens (primary N) is 1. The predicted octanol–water partition coefficient (Wildman–Crippen LogP) is 3.06. The molecule has 4 N–H and O–H groups in total. The van der Waals surface area contributed by atoms with E-state index >= 15 is 0 Å². The van der Waals surface area contributed by atoms with Gasteiger partial charge in [-0.3, -0.25) is 4.79 Å². The summed E-state index contributed by atoms with van der Waals surface area (Å²) in [5.74, 6) is -0.810. The summed E-state index contributed by atoms with van der Waals surface area (Å²) in [6.45, 7) is 1.34. The fourth-order valence-corrected chi connectivity index (χ4v) is 2.80. The number of halogens is 1. The van der Waals surface area contributed by atoms with Gasteiger partial charge in [-0.25, -0.2) is 4.39 Å². The molecule has 1 saturated heterocycles. The number of nitrogens with one attached hydrogen (secondary N) is 2. The molecule has 132 valence electrons. The van der Waals surface area contributed by atoms with Gasteiger partial charge in [0.2, 0.25) is 5.91 Å². The average Bonchev–Trinajstić information content (AvgIpc) is 3.14. The van der Waals surface area contributed by atoms with E-state index in [1.54, 1.807) is 24.3 Å². The summed E-state index contributed by atoms with van der Waals surface area (Å²) in [6, 6.07) is 12.8. The van der Waals surface area contributed by atoms with Crippen LogP contribution in [-0.2, 0) is 9.53 Å². The van der Waals surface area contributed by atoms with Gasteiger partial charge in [0.15, 0.2) is 0 Å². The third-order valence-corrected chi connectivity index (χ3v) is 4.22. The van der Waals surface area contributed by atoms with Crippen LogP contribution < -0.4 is 16.4 Å². The summed E-state index contributed by atoms with van der Waals surface area (Å²) >= 11 is 0. The van der Waals surface area contributed by atoms with Crippen molar-refractivity contribution in [2.24, 2.45) is 5.73 Å². The third-order valence-electron chi connectivity index (χ3n) is 4.22. The lowest BCUT2D eigenvalue weighted by atomic mass is 10.1. The zero-order valence-corrected chi connectivity index (χ0v) is 13.9. The van der Waals surface area contributed by atoms with Crippen molar-refractivity contribution in [1.82, 2.24) is 0 Å². The summed E-state index contributed by atoms with van der Waals surface area (Å²) in [6.07, 6.45) is 2.16. The zero-order valence-electron chi connectivity index (χ0n) is 13.9. The highest BCUT2D eigenvalue weighted by Crippen LogP contribution is 2.21. The summed E-state index contributed by atoms with van der Waals surface area (Å²) in [7, 11) is 0. The van der Waals surface area contributed by atoms with Crippen LogP contribution in [0.15, 0.2) is 48.5 Å². The van der Waals surface area contributed by atoms with Crippen molar-refractivity contribution in [3.05, 3.63) is 59.9 Å². The molecule has 3 rings (SSSR count). The molecule has 0 bridgehead atoms. The van der Waals surface area contributed by atoms with Gasteiger partial charge < -0.3 is 21.1 Å². The van der Waals surface area contributed by atoms with E-state index in [0.717, 1.165) is 19.4 Å². The van der Waals surface area contributed by atoms with Crippen LogP contribution in [0.5, 0.6) is 0 Å². The summed E-state index contributed by atoms with van der Waals surface area (Å²) in [5, 5.41) is 5.70. The molecule has 2 atom stereocenters. The number of anilines is 2. The Labute approximate surface area is 146 Å². The van der Waals surface area contributed by atoms with E-state index in [2.05, 4.69) is 10.6 Å². The first-order valence-electron chi connectivity index (χ1n) is 8.40. The lowest BCUT2D eigenvalue weighted by molar-refractivity contribution is -0.117. The van der Waals surface area contributed by atoms with E-state index in [9.17, 15) is 9.18 Å². The zero-order chi connectivity index (χ0) is 17.6. The molecule has 1 aliphatic heterocycles. The topological polar surface area (TPSA) is 76.4 Å². The van der Waals surface area contributed by atoms with Gasteiger partial charge in [-0.1, -0.05) is 30.3 Å². The molecule has 2 aromatic rings. The predicted molar refractivity (Wildman–Crippen MR) is 95.9 cm³/mol. The van der Waals surface area contributed by atoms with Gasteiger partial charge in [0.05, 0.1) is 11.8 Å². The lowest BCUT2D eigenvalue weighted by Crippen LogP contribution is -2.27. The largest absolute Gasteiger partial charge is 0.380 e. The number of carbonyl (C=O) groups is 1. The molecule has 6 heteroatoms. The molecule has 0 aliphatic carbocycles. The monoisotopic (exact) mass is 343 g/mol. The maximum Gasteiger partial charge on any atom is 0.245 e. The van der Waals surface area contributed by atoms with Gasteiger partial charge in [-0.2, -0.15) is 0 Å². The van der Waals surface area contributed by atoms with Crippen molar-refractivity contribution in [3.63, 3.8) is 0 Å². The number of benzene rings is 2. The summed E-state index contributed by atoms with van der Waals surface area (Å²) in [5.41, 5.74) is 7.41. The van der Waals surface area contributed by atoms with E-state index in [1.165, 1.54) is 6.07 Å². The summed E-state index contributed by atoms with van der Waals surface area (Å²) in [4.78, 5) is 12.2. The van der Waals surface area contributed by atoms with Gasteiger partial charge in [0, 0.05) is 18.8 Å². The molecule has 1 fully saturated rings. The number of ether oxygens (including phenoxy) is 1. The molecule has 0 spiro atoms. The van der Waals surface area contributed by atoms with Gasteiger partial charge in [0.1, 0.15) is 11.9 Å². The van der Waals surface area contributed by atoms with Gasteiger partial charge in [-0.15, -0.1) is 0 Å². The highest BCUT2D eigenvalue weighted by atomic mass is 19.1. The number of hydrogen-bond donors (Lipinski definition) is 3. The Kier molecular flexibility index (Phi) is 5.63. The summed E-state index contributed by atoms with van der Waals surface area (Å²) < 4.78 is 19.7. The maximum absolute atomic E-state index is 14.2. The van der Waals surface area contributed by atoms with Gasteiger partial charge >= 0.3 is 0 Å². The molecule has 1 amide bonds. The second kappa shape index (κ2) is 8.09. The van der Waals surface area contributed by atoms with Crippen molar-refractivity contribution in [2.75, 3.05) is 23.8 Å². The van der Waals surface area contributed by atoms with Crippen molar-refractivity contribution in [3.8, 4) is 0 Å². The van der Waals surface area contributed by atoms with Crippen LogP contribution in [0.4, 0.5) is 15.8 Å². The Morgan fingerprint density at radius 3 is 2.76 bits per heavy atom. The molecule has 0 aromatic heterocycles. The van der Waals surface area contributed by atoms with E-state index in [1.807, 2.05) is 18.2 Å². The lowest BCUT2D eigenvalue weighted by Gasteiger charge is -2.15. The highest BCUT2D eigenvalue weighted by Gasteiger charge is 2.17. The smallest absolute Gasteiger partial charge is 0.245 e. The first-order valence-corrected chi connectivity index (χ1v) is 8.40. The van der Waals surface area contributed by atoms with E-state index in [0.29, 0.717) is 23.5 Å². The molecule has 1 aliphatic rings. The number of hydrogen-bond acceptors (Lipinski definition) is 4. The van der Waals surface area contributed by atoms with Crippen LogP contribution in [0.25, 0.3) is 0 Å². The number of carbonyl (C=O) groups excluding carboxylic acids is 1. The average molecular weight is 343 g/mol. The Morgan fingerprint density at radius 1 is 1.28 bits per heavy atom. The fourth-order valence-electron chi connectivity index (χ4n) is 2.80. The van der Waals surface area contributed by atoms with Crippen LogP contribution in [0, 0.1) is 5.82 Å². The first kappa shape index (κ1) is 17.4. The molecule has 1 heterocycles. The molecular formula is C19H22FN3O2. The molecule has 0 saturated carbocycles. The molecule has 5 nitrogen and oxygen atoms in total. The third kappa shape index (κ3) is 4.55. The minimum atomic E-state index is -0.804. The fraction of sp³-hybridized carbons (Fsp3) is 0.316. The Morgan fingerprint density at radius 2 is 2.08 bits per heavy atom.